The molecule has 2 aromatic heterocycles. The van der Waals surface area contributed by atoms with E-state index in [1.807, 2.05) is 64.6 Å². The summed E-state index contributed by atoms with van der Waals surface area (Å²) in [5.41, 5.74) is 7.11. The van der Waals surface area contributed by atoms with E-state index in [0.29, 0.717) is 17.4 Å². The molecule has 12 nitrogen and oxygen atoms in total. The van der Waals surface area contributed by atoms with Crippen LogP contribution in [0.3, 0.4) is 0 Å². The van der Waals surface area contributed by atoms with Crippen LogP contribution < -0.4 is 27.6 Å². The summed E-state index contributed by atoms with van der Waals surface area (Å²) in [7, 11) is 0. The number of anilines is 2. The number of benzene rings is 2. The van der Waals surface area contributed by atoms with Crippen molar-refractivity contribution in [2.75, 3.05) is 24.1 Å². The maximum atomic E-state index is 12.0. The number of nitrogens with zero attached hydrogens (tertiary/aromatic N) is 1. The number of nitrogen functional groups attached to an aromatic ring is 1. The standard InChI is InChI=1S/C21H24N4O2S.C5H4N2O4/c22-21-25-18(14-28-21)12-20(27)24-17-8-6-15(7-9-17)10-11-23-13-19(26)16-4-2-1-3-5-16;8-3-1-2(4(9)10)6-5(11)7-3/h1-9,14,19,23,26H,10-13H2,(H2,22,25)(H,24,27);1H,(H,9,10)(H2,6,7,8,11)/t19-;/m0./s1. The van der Waals surface area contributed by atoms with Gasteiger partial charge in [0, 0.05) is 23.7 Å². The Bertz CT molecular complexity index is 1450. The number of carboxylic acids is 1. The smallest absolute Gasteiger partial charge is 0.352 e. The maximum Gasteiger partial charge on any atom is 0.352 e. The zero-order valence-electron chi connectivity index (χ0n) is 20.7. The average molecular weight is 553 g/mol. The third kappa shape index (κ3) is 10.0. The monoisotopic (exact) mass is 552 g/mol. The zero-order valence-corrected chi connectivity index (χ0v) is 21.5. The number of carbonyl (C=O) groups is 2. The lowest BCUT2D eigenvalue weighted by Gasteiger charge is -2.12. The SMILES string of the molecule is Nc1nc(CC(=O)Nc2ccc(CCNC[C@H](O)c3ccccc3)cc2)cs1.O=C(O)c1cc(=O)[nH]c(=O)[nH]1. The largest absolute Gasteiger partial charge is 0.477 e. The number of thiazole rings is 1. The van der Waals surface area contributed by atoms with E-state index in [1.54, 1.807) is 5.38 Å². The highest BCUT2D eigenvalue weighted by Crippen LogP contribution is 2.14. The Balaban J connectivity index is 0.000000320. The van der Waals surface area contributed by atoms with Gasteiger partial charge in [0.05, 0.1) is 18.2 Å². The highest BCUT2D eigenvalue weighted by atomic mass is 32.1. The first-order valence-corrected chi connectivity index (χ1v) is 12.7. The van der Waals surface area contributed by atoms with E-state index < -0.39 is 29.0 Å². The van der Waals surface area contributed by atoms with Crippen LogP contribution in [0.1, 0.15) is 33.4 Å². The number of aromatic nitrogens is 3. The van der Waals surface area contributed by atoms with Gasteiger partial charge in [-0.15, -0.1) is 11.3 Å². The number of aliphatic hydroxyl groups excluding tert-OH is 1. The molecule has 4 aromatic rings. The van der Waals surface area contributed by atoms with Gasteiger partial charge >= 0.3 is 11.7 Å². The molecule has 13 heteroatoms. The van der Waals surface area contributed by atoms with Crippen LogP contribution in [0.15, 0.2) is 75.6 Å². The summed E-state index contributed by atoms with van der Waals surface area (Å²) in [6.45, 7) is 1.28. The van der Waals surface area contributed by atoms with Crippen LogP contribution in [0.2, 0.25) is 0 Å². The molecule has 2 aromatic carbocycles. The van der Waals surface area contributed by atoms with Crippen LogP contribution in [0.25, 0.3) is 0 Å². The molecule has 0 saturated carbocycles. The summed E-state index contributed by atoms with van der Waals surface area (Å²) in [4.78, 5) is 51.0. The number of carboxylic acid groups (broad SMARTS) is 1. The van der Waals surface area contributed by atoms with Crippen LogP contribution in [0.5, 0.6) is 0 Å². The van der Waals surface area contributed by atoms with Crippen LogP contribution in [-0.4, -0.2) is 50.1 Å². The number of rotatable bonds is 10. The Hall–Kier alpha value is -4.59. The summed E-state index contributed by atoms with van der Waals surface area (Å²) in [5, 5.41) is 26.8. The van der Waals surface area contributed by atoms with E-state index >= 15 is 0 Å². The second kappa shape index (κ2) is 14.4. The van der Waals surface area contributed by atoms with Gasteiger partial charge in [-0.05, 0) is 36.2 Å². The number of carbonyl (C=O) groups excluding carboxylic acids is 1. The third-order valence-corrected chi connectivity index (χ3v) is 5.97. The Morgan fingerprint density at radius 1 is 1.05 bits per heavy atom. The van der Waals surface area contributed by atoms with Gasteiger partial charge < -0.3 is 31.6 Å². The van der Waals surface area contributed by atoms with Crippen LogP contribution in [0.4, 0.5) is 10.8 Å². The van der Waals surface area contributed by atoms with Crippen molar-refractivity contribution in [2.45, 2.75) is 18.9 Å². The third-order valence-electron chi connectivity index (χ3n) is 5.25. The second-order valence-electron chi connectivity index (χ2n) is 8.29. The molecule has 204 valence electrons. The Labute approximate surface area is 226 Å². The molecule has 0 aliphatic rings. The molecular weight excluding hydrogens is 524 g/mol. The minimum Gasteiger partial charge on any atom is -0.477 e. The van der Waals surface area contributed by atoms with Crippen molar-refractivity contribution in [3.63, 3.8) is 0 Å². The summed E-state index contributed by atoms with van der Waals surface area (Å²) < 4.78 is 0. The summed E-state index contributed by atoms with van der Waals surface area (Å²) in [6.07, 6.45) is 0.545. The predicted molar refractivity (Wildman–Crippen MR) is 148 cm³/mol. The molecule has 0 bridgehead atoms. The van der Waals surface area contributed by atoms with Gasteiger partial charge in [0.2, 0.25) is 5.91 Å². The van der Waals surface area contributed by atoms with E-state index in [9.17, 15) is 24.3 Å². The average Bonchev–Trinajstić information content (AvgIpc) is 3.31. The number of H-pyrrole nitrogens is 2. The summed E-state index contributed by atoms with van der Waals surface area (Å²) in [5.74, 6) is -1.46. The zero-order chi connectivity index (χ0) is 28.2. The van der Waals surface area contributed by atoms with Crippen molar-refractivity contribution >= 4 is 34.0 Å². The van der Waals surface area contributed by atoms with Gasteiger partial charge in [0.25, 0.3) is 5.56 Å². The fourth-order valence-corrected chi connectivity index (χ4v) is 3.94. The molecule has 1 amide bonds. The van der Waals surface area contributed by atoms with Gasteiger partial charge in [0.1, 0.15) is 5.69 Å². The molecular formula is C26H28N6O6S. The Morgan fingerprint density at radius 3 is 2.38 bits per heavy atom. The number of nitrogens with two attached hydrogens (primary N) is 1. The molecule has 0 unspecified atom stereocenters. The van der Waals surface area contributed by atoms with E-state index in [1.165, 1.54) is 11.3 Å². The lowest BCUT2D eigenvalue weighted by atomic mass is 10.1. The molecule has 8 N–H and O–H groups in total. The number of aromatic carboxylic acids is 1. The first-order chi connectivity index (χ1) is 18.7. The van der Waals surface area contributed by atoms with E-state index in [0.717, 1.165) is 35.8 Å². The van der Waals surface area contributed by atoms with Crippen molar-refractivity contribution < 1.29 is 19.8 Å². The fraction of sp³-hybridized carbons (Fsp3) is 0.192. The van der Waals surface area contributed by atoms with Crippen molar-refractivity contribution in [3.8, 4) is 0 Å². The minimum atomic E-state index is -1.34. The molecule has 0 aliphatic heterocycles. The van der Waals surface area contributed by atoms with Crippen molar-refractivity contribution in [3.05, 3.63) is 109 Å². The lowest BCUT2D eigenvalue weighted by Crippen LogP contribution is -2.24. The van der Waals surface area contributed by atoms with E-state index in [4.69, 9.17) is 10.8 Å². The molecule has 2 heterocycles. The summed E-state index contributed by atoms with van der Waals surface area (Å²) >= 11 is 1.33. The number of hydrogen-bond donors (Lipinski definition) is 7. The highest BCUT2D eigenvalue weighted by molar-refractivity contribution is 7.13. The molecule has 0 aliphatic carbocycles. The molecule has 4 rings (SSSR count). The van der Waals surface area contributed by atoms with Gasteiger partial charge in [-0.1, -0.05) is 42.5 Å². The first-order valence-electron chi connectivity index (χ1n) is 11.8. The van der Waals surface area contributed by atoms with Gasteiger partial charge in [0.15, 0.2) is 5.13 Å². The number of nitrogens with one attached hydrogen (secondary N) is 4. The fourth-order valence-electron chi connectivity index (χ4n) is 3.38. The van der Waals surface area contributed by atoms with Crippen molar-refractivity contribution in [1.82, 2.24) is 20.3 Å². The topological polar surface area (TPSA) is 203 Å². The van der Waals surface area contributed by atoms with E-state index in [-0.39, 0.29) is 12.3 Å². The van der Waals surface area contributed by atoms with Gasteiger partial charge in [-0.2, -0.15) is 0 Å². The number of amides is 1. The maximum absolute atomic E-state index is 12.0. The van der Waals surface area contributed by atoms with E-state index in [2.05, 4.69) is 15.6 Å². The number of aliphatic hydroxyl groups is 1. The van der Waals surface area contributed by atoms with Gasteiger partial charge in [-0.3, -0.25) is 14.6 Å². The van der Waals surface area contributed by atoms with Crippen LogP contribution >= 0.6 is 11.3 Å². The van der Waals surface area contributed by atoms with Crippen molar-refractivity contribution in [1.29, 1.82) is 0 Å². The first kappa shape index (κ1) is 29.0. The lowest BCUT2D eigenvalue weighted by molar-refractivity contribution is -0.115. The minimum absolute atomic E-state index is 0.116. The number of hydrogen-bond acceptors (Lipinski definition) is 9. The molecule has 0 fully saturated rings. The Morgan fingerprint density at radius 2 is 1.77 bits per heavy atom. The Kier molecular flexibility index (Phi) is 10.7. The van der Waals surface area contributed by atoms with Gasteiger partial charge in [-0.25, -0.2) is 14.6 Å². The normalized spacial score (nSPS) is 11.2. The highest BCUT2D eigenvalue weighted by Gasteiger charge is 2.08. The predicted octanol–water partition coefficient (Wildman–Crippen LogP) is 1.53. The van der Waals surface area contributed by atoms with Crippen LogP contribution in [-0.2, 0) is 17.6 Å². The quantitative estimate of drug-likeness (QED) is 0.142. The number of aromatic amines is 2. The molecule has 0 spiro atoms. The molecule has 0 radical (unpaired) electrons. The molecule has 1 atom stereocenters. The molecule has 39 heavy (non-hydrogen) atoms. The summed E-state index contributed by atoms with van der Waals surface area (Å²) in [6, 6.07) is 18.2. The van der Waals surface area contributed by atoms with Crippen LogP contribution in [0, 0.1) is 0 Å². The molecule has 0 saturated heterocycles. The second-order valence-corrected chi connectivity index (χ2v) is 9.18. The van der Waals surface area contributed by atoms with Crippen molar-refractivity contribution in [2.24, 2.45) is 0 Å².